The monoisotopic (exact) mass is 260 g/mol. The summed E-state index contributed by atoms with van der Waals surface area (Å²) in [4.78, 5) is 0. The molecule has 2 aromatic rings. The molecule has 0 atom stereocenters. The predicted octanol–water partition coefficient (Wildman–Crippen LogP) is 5.75. The van der Waals surface area contributed by atoms with E-state index >= 15 is 0 Å². The van der Waals surface area contributed by atoms with E-state index in [0.29, 0.717) is 0 Å². The number of benzene rings is 2. The van der Waals surface area contributed by atoms with Crippen molar-refractivity contribution in [2.45, 2.75) is 13.8 Å². The van der Waals surface area contributed by atoms with E-state index in [-0.39, 0.29) is 0 Å². The van der Waals surface area contributed by atoms with Gasteiger partial charge < -0.3 is 0 Å². The Hall–Kier alpha value is -2.34. The van der Waals surface area contributed by atoms with Crippen molar-refractivity contribution in [1.82, 2.24) is 0 Å². The SMILES string of the molecule is C\C=C/C=C(\C=C(/C)c1ccccc1)c1ccccc1. The van der Waals surface area contributed by atoms with Gasteiger partial charge in [0.2, 0.25) is 0 Å². The third kappa shape index (κ3) is 3.83. The van der Waals surface area contributed by atoms with E-state index in [9.17, 15) is 0 Å². The van der Waals surface area contributed by atoms with Crippen LogP contribution in [0.2, 0.25) is 0 Å². The molecule has 0 aliphatic heterocycles. The van der Waals surface area contributed by atoms with Gasteiger partial charge in [-0.25, -0.2) is 0 Å². The van der Waals surface area contributed by atoms with E-state index in [0.717, 1.165) is 0 Å². The molecule has 0 radical (unpaired) electrons. The van der Waals surface area contributed by atoms with E-state index in [2.05, 4.69) is 79.8 Å². The number of allylic oxidation sites excluding steroid dienone is 6. The largest absolute Gasteiger partial charge is 0.0876 e. The lowest BCUT2D eigenvalue weighted by molar-refractivity contribution is 1.55. The van der Waals surface area contributed by atoms with Crippen molar-refractivity contribution in [3.8, 4) is 0 Å². The molecule has 0 heterocycles. The molecule has 0 spiro atoms. The van der Waals surface area contributed by atoms with Gasteiger partial charge in [-0.2, -0.15) is 0 Å². The van der Waals surface area contributed by atoms with Gasteiger partial charge in [-0.05, 0) is 36.1 Å². The zero-order valence-corrected chi connectivity index (χ0v) is 12.1. The fraction of sp³-hybridized carbons (Fsp3) is 0.100. The first kappa shape index (κ1) is 14.1. The molecule has 0 fully saturated rings. The van der Waals surface area contributed by atoms with E-state index < -0.39 is 0 Å². The lowest BCUT2D eigenvalue weighted by Crippen LogP contribution is -1.83. The molecule has 0 aliphatic carbocycles. The van der Waals surface area contributed by atoms with Crippen LogP contribution < -0.4 is 0 Å². The van der Waals surface area contributed by atoms with Crippen LogP contribution in [0.25, 0.3) is 11.1 Å². The van der Waals surface area contributed by atoms with Gasteiger partial charge in [0, 0.05) is 0 Å². The third-order valence-corrected chi connectivity index (χ3v) is 3.18. The second kappa shape index (κ2) is 7.30. The Balaban J connectivity index is 2.39. The van der Waals surface area contributed by atoms with E-state index in [1.807, 2.05) is 19.1 Å². The van der Waals surface area contributed by atoms with Gasteiger partial charge in [0.1, 0.15) is 0 Å². The molecule has 20 heavy (non-hydrogen) atoms. The van der Waals surface area contributed by atoms with Crippen LogP contribution in [0.3, 0.4) is 0 Å². The number of hydrogen-bond donors (Lipinski definition) is 0. The molecule has 0 nitrogen and oxygen atoms in total. The Morgan fingerprint density at radius 2 is 1.35 bits per heavy atom. The van der Waals surface area contributed by atoms with Gasteiger partial charge in [-0.3, -0.25) is 0 Å². The minimum Gasteiger partial charge on any atom is -0.0876 e. The highest BCUT2D eigenvalue weighted by Crippen LogP contribution is 2.22. The zero-order chi connectivity index (χ0) is 14.2. The first-order valence-electron chi connectivity index (χ1n) is 6.93. The summed E-state index contributed by atoms with van der Waals surface area (Å²) in [5, 5.41) is 0. The molecule has 2 aromatic carbocycles. The maximum atomic E-state index is 2.24. The molecule has 0 heteroatoms. The van der Waals surface area contributed by atoms with Crippen molar-refractivity contribution in [3.05, 3.63) is 96.1 Å². The van der Waals surface area contributed by atoms with E-state index in [4.69, 9.17) is 0 Å². The minimum atomic E-state index is 1.23. The second-order valence-corrected chi connectivity index (χ2v) is 4.71. The van der Waals surface area contributed by atoms with Crippen molar-refractivity contribution in [1.29, 1.82) is 0 Å². The normalized spacial score (nSPS) is 12.9. The fourth-order valence-corrected chi connectivity index (χ4v) is 2.08. The van der Waals surface area contributed by atoms with E-state index in [1.54, 1.807) is 0 Å². The molecule has 0 N–H and O–H groups in total. The van der Waals surface area contributed by atoms with Crippen molar-refractivity contribution in [2.24, 2.45) is 0 Å². The quantitative estimate of drug-likeness (QED) is 0.614. The van der Waals surface area contributed by atoms with E-state index in [1.165, 1.54) is 22.3 Å². The van der Waals surface area contributed by atoms with Crippen LogP contribution in [0.5, 0.6) is 0 Å². The smallest absolute Gasteiger partial charge is 0.0181 e. The van der Waals surface area contributed by atoms with Crippen LogP contribution in [0, 0.1) is 0 Å². The molecule has 0 saturated heterocycles. The third-order valence-electron chi connectivity index (χ3n) is 3.18. The molecule has 0 aliphatic rings. The van der Waals surface area contributed by atoms with Gasteiger partial charge in [0.25, 0.3) is 0 Å². The molecule has 100 valence electrons. The standard InChI is InChI=1S/C20H20/c1-3-4-11-20(19-14-9-6-10-15-19)16-17(2)18-12-7-5-8-13-18/h3-16H,1-2H3/b4-3-,17-16+,20-11+. The molecule has 0 bridgehead atoms. The van der Waals surface area contributed by atoms with Crippen molar-refractivity contribution in [3.63, 3.8) is 0 Å². The van der Waals surface area contributed by atoms with Crippen LogP contribution >= 0.6 is 0 Å². The van der Waals surface area contributed by atoms with Gasteiger partial charge in [0.05, 0.1) is 0 Å². The number of hydrogen-bond acceptors (Lipinski definition) is 0. The lowest BCUT2D eigenvalue weighted by atomic mass is 9.99. The summed E-state index contributed by atoms with van der Waals surface area (Å²) in [7, 11) is 0. The lowest BCUT2D eigenvalue weighted by Gasteiger charge is -2.06. The van der Waals surface area contributed by atoms with Crippen LogP contribution in [-0.2, 0) is 0 Å². The molecule has 0 aromatic heterocycles. The highest BCUT2D eigenvalue weighted by atomic mass is 14.0. The molecule has 0 unspecified atom stereocenters. The van der Waals surface area contributed by atoms with Crippen LogP contribution in [0.1, 0.15) is 25.0 Å². The van der Waals surface area contributed by atoms with Crippen molar-refractivity contribution >= 4 is 11.1 Å². The molecule has 0 saturated carbocycles. The Labute approximate surface area is 121 Å². The summed E-state index contributed by atoms with van der Waals surface area (Å²) in [6.07, 6.45) is 8.53. The summed E-state index contributed by atoms with van der Waals surface area (Å²) >= 11 is 0. The van der Waals surface area contributed by atoms with Gasteiger partial charge >= 0.3 is 0 Å². The minimum absolute atomic E-state index is 1.23. The van der Waals surface area contributed by atoms with Gasteiger partial charge in [-0.15, -0.1) is 0 Å². The van der Waals surface area contributed by atoms with Crippen molar-refractivity contribution in [2.75, 3.05) is 0 Å². The van der Waals surface area contributed by atoms with Crippen molar-refractivity contribution < 1.29 is 0 Å². The summed E-state index contributed by atoms with van der Waals surface area (Å²) in [5.41, 5.74) is 4.99. The average Bonchev–Trinajstić information content (AvgIpc) is 2.53. The summed E-state index contributed by atoms with van der Waals surface area (Å²) in [6.45, 7) is 4.19. The highest BCUT2D eigenvalue weighted by Gasteiger charge is 1.99. The topological polar surface area (TPSA) is 0 Å². The molecular formula is C20H20. The second-order valence-electron chi connectivity index (χ2n) is 4.71. The number of rotatable bonds is 4. The predicted molar refractivity (Wildman–Crippen MR) is 89.3 cm³/mol. The zero-order valence-electron chi connectivity index (χ0n) is 12.1. The Kier molecular flexibility index (Phi) is 5.14. The Morgan fingerprint density at radius 3 is 1.90 bits per heavy atom. The summed E-state index contributed by atoms with van der Waals surface area (Å²) in [5.74, 6) is 0. The van der Waals surface area contributed by atoms with Crippen LogP contribution in [0.15, 0.2) is 85.0 Å². The molecular weight excluding hydrogens is 240 g/mol. The van der Waals surface area contributed by atoms with Gasteiger partial charge in [0.15, 0.2) is 0 Å². The first-order valence-corrected chi connectivity index (χ1v) is 6.93. The van der Waals surface area contributed by atoms with Crippen LogP contribution in [0.4, 0.5) is 0 Å². The average molecular weight is 260 g/mol. The maximum Gasteiger partial charge on any atom is -0.0181 e. The molecule has 2 rings (SSSR count). The first-order chi connectivity index (χ1) is 9.81. The summed E-state index contributed by atoms with van der Waals surface area (Å²) in [6, 6.07) is 21.0. The maximum absolute atomic E-state index is 2.24. The highest BCUT2D eigenvalue weighted by molar-refractivity contribution is 5.83. The van der Waals surface area contributed by atoms with Crippen LogP contribution in [-0.4, -0.2) is 0 Å². The summed E-state index contributed by atoms with van der Waals surface area (Å²) < 4.78 is 0. The molecule has 0 amide bonds. The van der Waals surface area contributed by atoms with Gasteiger partial charge in [-0.1, -0.05) is 85.0 Å². The Morgan fingerprint density at radius 1 is 0.800 bits per heavy atom. The Bertz CT molecular complexity index is 614. The fourth-order valence-electron chi connectivity index (χ4n) is 2.08.